The molecule has 0 aromatic heterocycles. The van der Waals surface area contributed by atoms with Gasteiger partial charge in [0.15, 0.2) is 0 Å². The summed E-state index contributed by atoms with van der Waals surface area (Å²) < 4.78 is 10.5. The van der Waals surface area contributed by atoms with Gasteiger partial charge in [-0.25, -0.2) is 9.59 Å². The molecule has 22 heavy (non-hydrogen) atoms. The van der Waals surface area contributed by atoms with Gasteiger partial charge in [-0.2, -0.15) is 0 Å². The van der Waals surface area contributed by atoms with E-state index in [-0.39, 0.29) is 6.61 Å². The Labute approximate surface area is 130 Å². The average Bonchev–Trinajstić information content (AvgIpc) is 2.55. The van der Waals surface area contributed by atoms with Crippen LogP contribution < -0.4 is 5.32 Å². The van der Waals surface area contributed by atoms with Gasteiger partial charge in [0.25, 0.3) is 0 Å². The summed E-state index contributed by atoms with van der Waals surface area (Å²) in [5.74, 6) is -1.07. The summed E-state index contributed by atoms with van der Waals surface area (Å²) in [4.78, 5) is 23.3. The summed E-state index contributed by atoms with van der Waals surface area (Å²) in [7, 11) is 0. The lowest BCUT2D eigenvalue weighted by Crippen LogP contribution is -2.42. The normalized spacial score (nSPS) is 17.1. The molecule has 0 atom stereocenters. The number of benzene rings is 1. The molecule has 0 aliphatic carbocycles. The van der Waals surface area contributed by atoms with Gasteiger partial charge in [0, 0.05) is 25.0 Å². The van der Waals surface area contributed by atoms with Crippen LogP contribution in [0, 0.1) is 0 Å². The lowest BCUT2D eigenvalue weighted by Gasteiger charge is -2.37. The highest BCUT2D eigenvalue weighted by Crippen LogP contribution is 2.34. The van der Waals surface area contributed by atoms with E-state index in [1.54, 1.807) is 6.92 Å². The van der Waals surface area contributed by atoms with Crippen LogP contribution in [-0.2, 0) is 24.7 Å². The molecule has 1 heterocycles. The van der Waals surface area contributed by atoms with Crippen molar-refractivity contribution >= 4 is 11.9 Å². The maximum Gasteiger partial charge on any atom is 0.331 e. The second-order valence-electron chi connectivity index (χ2n) is 5.12. The second-order valence-corrected chi connectivity index (χ2v) is 5.12. The summed E-state index contributed by atoms with van der Waals surface area (Å²) in [6.07, 6.45) is 3.64. The third kappa shape index (κ3) is 4.18. The topological polar surface area (TPSA) is 64.6 Å². The molecule has 1 saturated heterocycles. The fraction of sp³-hybridized carbons (Fsp3) is 0.412. The summed E-state index contributed by atoms with van der Waals surface area (Å²) in [6, 6.07) is 9.73. The molecule has 0 bridgehead atoms. The zero-order valence-corrected chi connectivity index (χ0v) is 12.7. The molecule has 2 rings (SSSR count). The van der Waals surface area contributed by atoms with Crippen LogP contribution in [0.4, 0.5) is 0 Å². The maximum absolute atomic E-state index is 12.1. The van der Waals surface area contributed by atoms with Crippen molar-refractivity contribution in [2.45, 2.75) is 25.4 Å². The standard InChI is InChI=1S/C17H21NO4/c1-2-21-15(19)8-9-16(20)22-17(10-12-18-13-11-17)14-6-4-3-5-7-14/h3-9,18H,2,10-13H2,1H3/b9-8-. The quantitative estimate of drug-likeness (QED) is 0.665. The van der Waals surface area contributed by atoms with Crippen molar-refractivity contribution in [3.8, 4) is 0 Å². The fourth-order valence-electron chi connectivity index (χ4n) is 2.58. The average molecular weight is 303 g/mol. The third-order valence-electron chi connectivity index (χ3n) is 3.65. The predicted molar refractivity (Wildman–Crippen MR) is 82.1 cm³/mol. The van der Waals surface area contributed by atoms with E-state index in [0.29, 0.717) is 12.8 Å². The molecule has 0 spiro atoms. The number of nitrogens with one attached hydrogen (secondary N) is 1. The minimum absolute atomic E-state index is 0.276. The van der Waals surface area contributed by atoms with Crippen LogP contribution in [0.3, 0.4) is 0 Å². The Morgan fingerprint density at radius 2 is 1.77 bits per heavy atom. The first-order valence-electron chi connectivity index (χ1n) is 7.50. The number of hydrogen-bond acceptors (Lipinski definition) is 5. The van der Waals surface area contributed by atoms with E-state index < -0.39 is 17.5 Å². The highest BCUT2D eigenvalue weighted by molar-refractivity contribution is 5.91. The van der Waals surface area contributed by atoms with Gasteiger partial charge in [-0.1, -0.05) is 30.3 Å². The lowest BCUT2D eigenvalue weighted by atomic mass is 9.85. The second kappa shape index (κ2) is 7.75. The van der Waals surface area contributed by atoms with Crippen molar-refractivity contribution < 1.29 is 19.1 Å². The third-order valence-corrected chi connectivity index (χ3v) is 3.65. The Kier molecular flexibility index (Phi) is 5.72. The molecular weight excluding hydrogens is 282 g/mol. The van der Waals surface area contributed by atoms with E-state index in [0.717, 1.165) is 30.8 Å². The molecular formula is C17H21NO4. The van der Waals surface area contributed by atoms with Crippen LogP contribution >= 0.6 is 0 Å². The fourth-order valence-corrected chi connectivity index (χ4v) is 2.58. The first-order valence-corrected chi connectivity index (χ1v) is 7.50. The van der Waals surface area contributed by atoms with Gasteiger partial charge in [-0.3, -0.25) is 0 Å². The zero-order valence-electron chi connectivity index (χ0n) is 12.7. The van der Waals surface area contributed by atoms with E-state index in [9.17, 15) is 9.59 Å². The molecule has 0 saturated carbocycles. The maximum atomic E-state index is 12.1. The van der Waals surface area contributed by atoms with Crippen molar-refractivity contribution in [1.29, 1.82) is 0 Å². The number of piperidine rings is 1. The summed E-state index contributed by atoms with van der Waals surface area (Å²) >= 11 is 0. The molecule has 0 radical (unpaired) electrons. The summed E-state index contributed by atoms with van der Waals surface area (Å²) in [6.45, 7) is 3.55. The van der Waals surface area contributed by atoms with Crippen molar-refractivity contribution in [2.75, 3.05) is 19.7 Å². The summed E-state index contributed by atoms with van der Waals surface area (Å²) in [5, 5.41) is 3.27. The Balaban J connectivity index is 2.11. The van der Waals surface area contributed by atoms with Crippen LogP contribution in [0.1, 0.15) is 25.3 Å². The van der Waals surface area contributed by atoms with Gasteiger partial charge in [-0.15, -0.1) is 0 Å². The monoisotopic (exact) mass is 303 g/mol. The van der Waals surface area contributed by atoms with E-state index in [4.69, 9.17) is 9.47 Å². The van der Waals surface area contributed by atoms with Gasteiger partial charge >= 0.3 is 11.9 Å². The van der Waals surface area contributed by atoms with Crippen molar-refractivity contribution in [3.63, 3.8) is 0 Å². The van der Waals surface area contributed by atoms with Crippen LogP contribution in [-0.4, -0.2) is 31.6 Å². The van der Waals surface area contributed by atoms with Gasteiger partial charge in [0.1, 0.15) is 5.60 Å². The van der Waals surface area contributed by atoms with Crippen LogP contribution in [0.5, 0.6) is 0 Å². The molecule has 1 aromatic carbocycles. The Hall–Kier alpha value is -2.14. The minimum Gasteiger partial charge on any atom is -0.463 e. The highest BCUT2D eigenvalue weighted by atomic mass is 16.6. The zero-order chi connectivity index (χ0) is 15.8. The van der Waals surface area contributed by atoms with Crippen molar-refractivity contribution in [3.05, 3.63) is 48.0 Å². The van der Waals surface area contributed by atoms with Crippen LogP contribution in [0.15, 0.2) is 42.5 Å². The smallest absolute Gasteiger partial charge is 0.331 e. The van der Waals surface area contributed by atoms with E-state index >= 15 is 0 Å². The van der Waals surface area contributed by atoms with Gasteiger partial charge in [-0.05, 0) is 25.6 Å². The van der Waals surface area contributed by atoms with Gasteiger partial charge in [0.05, 0.1) is 6.61 Å². The molecule has 5 nitrogen and oxygen atoms in total. The molecule has 1 aliphatic rings. The van der Waals surface area contributed by atoms with Crippen molar-refractivity contribution in [2.24, 2.45) is 0 Å². The van der Waals surface area contributed by atoms with Crippen molar-refractivity contribution in [1.82, 2.24) is 5.32 Å². The molecule has 1 fully saturated rings. The number of esters is 2. The molecule has 1 aromatic rings. The summed E-state index contributed by atoms with van der Waals surface area (Å²) in [5.41, 5.74) is 0.345. The molecule has 0 amide bonds. The van der Waals surface area contributed by atoms with Crippen LogP contribution in [0.2, 0.25) is 0 Å². The first kappa shape index (κ1) is 16.2. The van der Waals surface area contributed by atoms with E-state index in [1.165, 1.54) is 0 Å². The SMILES string of the molecule is CCOC(=O)/C=C\C(=O)OC1(c2ccccc2)CCNCC1. The van der Waals surface area contributed by atoms with Gasteiger partial charge < -0.3 is 14.8 Å². The van der Waals surface area contributed by atoms with Gasteiger partial charge in [0.2, 0.25) is 0 Å². The highest BCUT2D eigenvalue weighted by Gasteiger charge is 2.37. The van der Waals surface area contributed by atoms with E-state index in [2.05, 4.69) is 5.32 Å². The van der Waals surface area contributed by atoms with E-state index in [1.807, 2.05) is 30.3 Å². The Bertz CT molecular complexity index is 533. The number of carbonyl (C=O) groups excluding carboxylic acids is 2. The molecule has 0 unspecified atom stereocenters. The Morgan fingerprint density at radius 1 is 1.14 bits per heavy atom. The number of carbonyl (C=O) groups is 2. The Morgan fingerprint density at radius 3 is 2.41 bits per heavy atom. The number of hydrogen-bond donors (Lipinski definition) is 1. The molecule has 118 valence electrons. The predicted octanol–water partition coefficient (Wildman–Crippen LogP) is 1.93. The molecule has 1 aliphatic heterocycles. The lowest BCUT2D eigenvalue weighted by molar-refractivity contribution is -0.158. The first-order chi connectivity index (χ1) is 10.7. The van der Waals surface area contributed by atoms with Crippen LogP contribution in [0.25, 0.3) is 0 Å². The number of rotatable bonds is 5. The number of ether oxygens (including phenoxy) is 2. The molecule has 5 heteroatoms. The minimum atomic E-state index is -0.636. The largest absolute Gasteiger partial charge is 0.463 e. The molecule has 1 N–H and O–H groups in total.